The minimum absolute atomic E-state index is 0.0230. The molecule has 4 aromatic rings. The lowest BCUT2D eigenvalue weighted by atomic mass is 10.00. The number of H-pyrrole nitrogens is 1. The molecule has 11 nitrogen and oxygen atoms in total. The lowest BCUT2D eigenvalue weighted by Gasteiger charge is -2.14. The van der Waals surface area contributed by atoms with Crippen molar-refractivity contribution in [3.05, 3.63) is 98.1 Å². The number of aryl methyl sites for hydroxylation is 2. The van der Waals surface area contributed by atoms with Gasteiger partial charge in [0.15, 0.2) is 11.6 Å². The van der Waals surface area contributed by atoms with E-state index in [1.807, 2.05) is 24.3 Å². The van der Waals surface area contributed by atoms with Gasteiger partial charge in [-0.05, 0) is 19.1 Å². The number of fused-ring (bicyclic) bond motifs is 3. The van der Waals surface area contributed by atoms with Crippen LogP contribution in [0, 0.1) is 6.92 Å². The summed E-state index contributed by atoms with van der Waals surface area (Å²) < 4.78 is 7.82. The molecule has 2 aliphatic rings. The van der Waals surface area contributed by atoms with Crippen LogP contribution in [0.1, 0.15) is 32.0 Å². The van der Waals surface area contributed by atoms with Gasteiger partial charge in [-0.1, -0.05) is 36.4 Å². The normalized spacial score (nSPS) is 13.8. The molecule has 0 unspecified atom stereocenters. The zero-order valence-corrected chi connectivity index (χ0v) is 19.6. The minimum Gasteiger partial charge on any atom is -0.486 e. The Morgan fingerprint density at radius 2 is 1.61 bits per heavy atom. The summed E-state index contributed by atoms with van der Waals surface area (Å²) in [5.41, 5.74) is 1.81. The molecule has 0 spiro atoms. The lowest BCUT2D eigenvalue weighted by molar-refractivity contribution is -0.121. The summed E-state index contributed by atoms with van der Waals surface area (Å²) in [6, 6.07) is 14.5. The molecule has 2 N–H and O–H groups in total. The number of carbonyl (C=O) groups excluding carboxylic acids is 3. The molecule has 11 heteroatoms. The molecule has 4 heterocycles. The van der Waals surface area contributed by atoms with Crippen molar-refractivity contribution >= 4 is 23.3 Å². The van der Waals surface area contributed by atoms with E-state index in [1.165, 1.54) is 8.97 Å². The average molecular weight is 489 g/mol. The van der Waals surface area contributed by atoms with E-state index >= 15 is 0 Å². The quantitative estimate of drug-likeness (QED) is 0.372. The van der Waals surface area contributed by atoms with Crippen LogP contribution in [-0.2, 0) is 18.3 Å². The first-order chi connectivity index (χ1) is 17.3. The third-order valence-corrected chi connectivity index (χ3v) is 5.57. The molecule has 184 valence electrons. The molecule has 36 heavy (non-hydrogen) atoms. The summed E-state index contributed by atoms with van der Waals surface area (Å²) in [6.07, 6.45) is 2.07. The molecule has 2 aromatic heterocycles. The Labute approximate surface area is 204 Å². The van der Waals surface area contributed by atoms with Crippen LogP contribution < -0.4 is 21.4 Å². The maximum absolute atomic E-state index is 11.3. The second kappa shape index (κ2) is 10.2. The fraction of sp³-hybridized carbons (Fsp3) is 0.200. The standard InChI is InChI=1S/C9H7NO2.C9H8O2.C7H8N4O2/c11-8-5-10-9(12)7-4-2-1-3-6(7)8;10-8-5-7-3-1-2-4-9(7)11-6-8;1-4-3-8-5-10(2)6(12)9-7(13)11(4)5/h1-4H,5H2,(H,10,12);1-4H,5-6H2;3H,1-2H3,(H,9,12,13). The monoisotopic (exact) mass is 489 g/mol. The number of rotatable bonds is 0. The maximum atomic E-state index is 11.3. The SMILES string of the molecule is Cc1cnc2n(C)c(=O)[nH]c(=O)n12.O=C1CNC(=O)c2ccccc21.O=C1COc2ccccc2C1. The van der Waals surface area contributed by atoms with Gasteiger partial charge in [-0.25, -0.2) is 19.0 Å². The Morgan fingerprint density at radius 3 is 2.36 bits per heavy atom. The number of benzene rings is 2. The Kier molecular flexibility index (Phi) is 6.91. The fourth-order valence-electron chi connectivity index (χ4n) is 3.72. The number of ether oxygens (including phenoxy) is 1. The van der Waals surface area contributed by atoms with Gasteiger partial charge in [0.1, 0.15) is 12.4 Å². The van der Waals surface area contributed by atoms with Crippen LogP contribution in [0.2, 0.25) is 0 Å². The number of aromatic nitrogens is 4. The van der Waals surface area contributed by atoms with Crippen molar-refractivity contribution in [3.63, 3.8) is 0 Å². The predicted octanol–water partition coefficient (Wildman–Crippen LogP) is 0.833. The first-order valence-corrected chi connectivity index (χ1v) is 11.0. The zero-order chi connectivity index (χ0) is 25.8. The van der Waals surface area contributed by atoms with Gasteiger partial charge in [0.2, 0.25) is 5.78 Å². The van der Waals surface area contributed by atoms with E-state index in [4.69, 9.17) is 4.74 Å². The van der Waals surface area contributed by atoms with Crippen molar-refractivity contribution in [3.8, 4) is 5.75 Å². The molecule has 0 aliphatic carbocycles. The highest BCUT2D eigenvalue weighted by atomic mass is 16.5. The molecule has 0 fully saturated rings. The number of para-hydroxylation sites is 1. The molecular formula is C25H23N5O6. The van der Waals surface area contributed by atoms with Crippen LogP contribution in [0.4, 0.5) is 0 Å². The highest BCUT2D eigenvalue weighted by Gasteiger charge is 2.21. The highest BCUT2D eigenvalue weighted by Crippen LogP contribution is 2.21. The van der Waals surface area contributed by atoms with Crippen molar-refractivity contribution in [1.82, 2.24) is 24.3 Å². The summed E-state index contributed by atoms with van der Waals surface area (Å²) >= 11 is 0. The van der Waals surface area contributed by atoms with E-state index in [-0.39, 0.29) is 30.6 Å². The molecule has 0 radical (unpaired) electrons. The van der Waals surface area contributed by atoms with Gasteiger partial charge in [0, 0.05) is 30.3 Å². The molecule has 1 amide bonds. The topological polar surface area (TPSA) is 145 Å². The number of imidazole rings is 1. The van der Waals surface area contributed by atoms with Crippen LogP contribution in [-0.4, -0.2) is 49.6 Å². The van der Waals surface area contributed by atoms with Gasteiger partial charge in [-0.2, -0.15) is 0 Å². The molecule has 6 rings (SSSR count). The van der Waals surface area contributed by atoms with E-state index in [2.05, 4.69) is 15.3 Å². The number of hydrogen-bond acceptors (Lipinski definition) is 7. The Hall–Kier alpha value is -4.80. The van der Waals surface area contributed by atoms with Crippen LogP contribution in [0.25, 0.3) is 5.78 Å². The minimum atomic E-state index is -0.455. The average Bonchev–Trinajstić information content (AvgIpc) is 3.28. The van der Waals surface area contributed by atoms with Crippen LogP contribution in [0.5, 0.6) is 5.75 Å². The van der Waals surface area contributed by atoms with E-state index in [1.54, 1.807) is 44.4 Å². The number of carbonyl (C=O) groups is 3. The predicted molar refractivity (Wildman–Crippen MR) is 130 cm³/mol. The smallest absolute Gasteiger partial charge is 0.336 e. The first-order valence-electron chi connectivity index (χ1n) is 11.0. The van der Waals surface area contributed by atoms with Crippen molar-refractivity contribution < 1.29 is 19.1 Å². The zero-order valence-electron chi connectivity index (χ0n) is 19.6. The second-order valence-electron chi connectivity index (χ2n) is 8.09. The molecule has 0 saturated heterocycles. The largest absolute Gasteiger partial charge is 0.486 e. The molecule has 2 aromatic carbocycles. The lowest BCUT2D eigenvalue weighted by Crippen LogP contribution is -2.36. The number of nitrogens with zero attached hydrogens (tertiary/aromatic N) is 3. The Bertz CT molecular complexity index is 1560. The number of ketones is 2. The van der Waals surface area contributed by atoms with Gasteiger partial charge in [0.25, 0.3) is 5.91 Å². The summed E-state index contributed by atoms with van der Waals surface area (Å²) in [6.45, 7) is 2.10. The first kappa shape index (κ1) is 24.3. The van der Waals surface area contributed by atoms with E-state index < -0.39 is 11.4 Å². The highest BCUT2D eigenvalue weighted by molar-refractivity contribution is 6.13. The van der Waals surface area contributed by atoms with E-state index in [9.17, 15) is 24.0 Å². The van der Waals surface area contributed by atoms with Crippen molar-refractivity contribution in [2.75, 3.05) is 13.2 Å². The van der Waals surface area contributed by atoms with E-state index in [0.29, 0.717) is 29.0 Å². The van der Waals surface area contributed by atoms with E-state index in [0.717, 1.165) is 11.3 Å². The molecule has 0 bridgehead atoms. The number of Topliss-reactive ketones (excluding diaryl/α,β-unsaturated/α-hetero) is 2. The summed E-state index contributed by atoms with van der Waals surface area (Å²) in [7, 11) is 1.56. The van der Waals surface area contributed by atoms with Gasteiger partial charge in [-0.3, -0.25) is 23.9 Å². The summed E-state index contributed by atoms with van der Waals surface area (Å²) in [5.74, 6) is 1.18. The molecule has 2 aliphatic heterocycles. The summed E-state index contributed by atoms with van der Waals surface area (Å²) in [4.78, 5) is 61.8. The Balaban J connectivity index is 0.000000127. The van der Waals surface area contributed by atoms with Gasteiger partial charge >= 0.3 is 11.4 Å². The fourth-order valence-corrected chi connectivity index (χ4v) is 3.72. The van der Waals surface area contributed by atoms with Crippen molar-refractivity contribution in [2.45, 2.75) is 13.3 Å². The second-order valence-corrected chi connectivity index (χ2v) is 8.09. The third-order valence-electron chi connectivity index (χ3n) is 5.57. The van der Waals surface area contributed by atoms with Crippen molar-refractivity contribution in [2.24, 2.45) is 7.05 Å². The van der Waals surface area contributed by atoms with Gasteiger partial charge in [0.05, 0.1) is 18.3 Å². The maximum Gasteiger partial charge on any atom is 0.336 e. The molecule has 0 atom stereocenters. The molecule has 0 saturated carbocycles. The van der Waals surface area contributed by atoms with Gasteiger partial charge < -0.3 is 10.1 Å². The molecular weight excluding hydrogens is 466 g/mol. The van der Waals surface area contributed by atoms with Crippen LogP contribution >= 0.6 is 0 Å². The van der Waals surface area contributed by atoms with Crippen LogP contribution in [0.15, 0.2) is 64.3 Å². The Morgan fingerprint density at radius 1 is 0.917 bits per heavy atom. The number of hydrogen-bond donors (Lipinski definition) is 2. The van der Waals surface area contributed by atoms with Gasteiger partial charge in [-0.15, -0.1) is 0 Å². The van der Waals surface area contributed by atoms with Crippen LogP contribution in [0.3, 0.4) is 0 Å². The number of nitrogens with one attached hydrogen (secondary N) is 2. The summed E-state index contributed by atoms with van der Waals surface area (Å²) in [5, 5.41) is 2.50. The van der Waals surface area contributed by atoms with Crippen molar-refractivity contribution in [1.29, 1.82) is 0 Å². The third kappa shape index (κ3) is 4.99. The number of aromatic amines is 1. The number of amides is 1.